The Hall–Kier alpha value is -9.58. The molecule has 0 aliphatic heterocycles. The monoisotopic (exact) mass is 2590 g/mol. The van der Waals surface area contributed by atoms with E-state index in [1.165, 1.54) is 75.1 Å². The molecule has 0 spiro atoms. The fourth-order valence-corrected chi connectivity index (χ4v) is 21.2. The van der Waals surface area contributed by atoms with Gasteiger partial charge in [-0.3, -0.25) is 0 Å². The molecule has 17 rings (SSSR count). The van der Waals surface area contributed by atoms with Gasteiger partial charge >= 0.3 is 0 Å². The maximum atomic E-state index is 8.22. The number of pyridine rings is 8. The van der Waals surface area contributed by atoms with Crippen molar-refractivity contribution in [1.82, 2.24) is 39.9 Å². The topological polar surface area (TPSA) is 103 Å². The van der Waals surface area contributed by atoms with Gasteiger partial charge in [0, 0.05) is 141 Å². The van der Waals surface area contributed by atoms with Gasteiger partial charge in [-0.25, -0.2) is 0 Å². The SMILES string of the molecule is [2H]c1[c-]c(-c2cc(CC(C)(C)C)c([Si](C)(C)C)cn2)c([2H])c([2H])c1[2H].[2H]c1[c-]c(-c2cc(CC(C)C)c([Si](C)(C)C)cn2)c([2H])c([2H])c1[2H].[2H]c1[c-]c(-c2cc(CC3CCCCC3)c([Si](C)(C)C)cn2)c([2H])c([2H])c1[2H].[2H]c1[c-]c(-c2cc(CCCC)c([Si](C)(C)C)cn2)c([2H])c([2H])c1[2H].[Ir].[Ir].[Ir].[Ir].[c-]1ccccc1-c1ccccn1.[c-]1ccccc1-c1ccccn1.[c-]1ccccc1-c1ccccn1.[c-]1ccccc1-c1ccccn1. The number of hydrogen-bond donors (Lipinski definition) is 0. The van der Waals surface area contributed by atoms with E-state index >= 15 is 0 Å². The summed E-state index contributed by atoms with van der Waals surface area (Å²) >= 11 is 0. The molecule has 0 atom stereocenters. The standard InChI is InChI=1S/C21H28NSi.C19H26NSi.2C18H24NSi.4C11H8N.4Ir/c1-23(2,3)21-16-22-20(18-12-8-5-9-13-18)15-19(21)14-17-10-6-4-7-11-17;1-19(2,3)13-16-12-17(15-10-8-7-9-11-15)20-14-18(16)21(4,5)6;1-14(2)11-16-12-17(15-9-7-6-8-10-15)19-13-18(16)20(3,4)5;1-5-6-10-16-13-17(15-11-8-7-9-12-15)19-14-18(16)20(2,3)4;4*1-2-6-10(7-3-1)11-8-4-5-9-12-11;;;;/h5,8-9,12,15-17H,4,6-7,10-11,14H2,1-3H3;7-10,12,14H,13H2,1-6H3;6-9,12-14H,11H2,1-5H3;7-9,11,13-14H,5-6,10H2,1-4H3;4*1-6,8-9H;;;;/q8*-1;;;;/i5D,8D,9D,12D;7D,8D,9D,10D;6D,7D,8D,9D;7D,8D,9D,11D;;;;;;;;. The van der Waals surface area contributed by atoms with E-state index in [0.29, 0.717) is 56.9 Å². The summed E-state index contributed by atoms with van der Waals surface area (Å²) in [5, 5.41) is 5.28. The molecule has 0 amide bonds. The van der Waals surface area contributed by atoms with E-state index < -0.39 is 32.3 Å². The van der Waals surface area contributed by atoms with Crippen LogP contribution in [0.3, 0.4) is 0 Å². The van der Waals surface area contributed by atoms with E-state index in [-0.39, 0.29) is 183 Å². The van der Waals surface area contributed by atoms with Crippen LogP contribution >= 0.6 is 0 Å². The van der Waals surface area contributed by atoms with Crippen molar-refractivity contribution < 1.29 is 102 Å². The molecular weight excluding hydrogens is 2430 g/mol. The number of nitrogens with zero attached hydrogens (tertiary/aromatic N) is 8. The van der Waals surface area contributed by atoms with Gasteiger partial charge in [-0.2, -0.15) is 0 Å². The van der Waals surface area contributed by atoms with Crippen LogP contribution in [-0.4, -0.2) is 72.2 Å². The average Bonchev–Trinajstić information content (AvgIpc) is 0.787. The van der Waals surface area contributed by atoms with Crippen LogP contribution in [0.15, 0.2) is 340 Å². The van der Waals surface area contributed by atoms with Gasteiger partial charge in [-0.1, -0.05) is 254 Å². The molecule has 16 aromatic rings. The summed E-state index contributed by atoms with van der Waals surface area (Å²) in [6.45, 7) is 40.7. The van der Waals surface area contributed by atoms with Gasteiger partial charge in [-0.15, -0.1) is 287 Å². The smallest absolute Gasteiger partial charge is 0.0798 e. The Morgan fingerprint density at radius 3 is 0.897 bits per heavy atom. The van der Waals surface area contributed by atoms with Gasteiger partial charge in [0.2, 0.25) is 0 Å². The summed E-state index contributed by atoms with van der Waals surface area (Å²) in [6.07, 6.45) is 27.4. The van der Waals surface area contributed by atoms with Crippen LogP contribution in [0.2, 0.25) is 78.6 Å². The Balaban J connectivity index is 0.000000269. The Bertz CT molecular complexity index is 6580. The molecule has 16 heteroatoms. The van der Waals surface area contributed by atoms with Gasteiger partial charge in [0.1, 0.15) is 0 Å². The Labute approximate surface area is 897 Å². The molecule has 0 unspecified atom stereocenters. The first-order chi connectivity index (χ1) is 70.0. The predicted octanol–water partition coefficient (Wildman–Crippen LogP) is 28.8. The Kier molecular flexibility index (Phi) is 39.7. The van der Waals surface area contributed by atoms with Gasteiger partial charge in [0.25, 0.3) is 0 Å². The molecule has 1 aliphatic carbocycles. The molecular formula is C120H134Ir4N8Si4-8. The van der Waals surface area contributed by atoms with Crippen molar-refractivity contribution in [1.29, 1.82) is 0 Å². The zero-order valence-corrected chi connectivity index (χ0v) is 95.0. The number of aromatic nitrogens is 8. The normalized spacial score (nSPS) is 13.2. The minimum atomic E-state index is -1.57. The minimum absolute atomic E-state index is 0. The van der Waals surface area contributed by atoms with Crippen LogP contribution < -0.4 is 20.7 Å². The van der Waals surface area contributed by atoms with Gasteiger partial charge < -0.3 is 39.9 Å². The average molecular weight is 2590 g/mol. The maximum Gasteiger partial charge on any atom is 0.0798 e. The van der Waals surface area contributed by atoms with Crippen molar-refractivity contribution in [3.8, 4) is 90.1 Å². The third-order valence-electron chi connectivity index (χ3n) is 21.2. The van der Waals surface area contributed by atoms with Crippen LogP contribution in [-0.2, 0) is 106 Å². The summed E-state index contributed by atoms with van der Waals surface area (Å²) in [7, 11) is -6.18. The molecule has 0 saturated heterocycles. The molecule has 136 heavy (non-hydrogen) atoms. The second-order valence-electron chi connectivity index (χ2n) is 38.0. The van der Waals surface area contributed by atoms with Crippen LogP contribution in [0, 0.1) is 65.8 Å². The molecule has 1 saturated carbocycles. The number of rotatable bonds is 20. The third-order valence-corrected chi connectivity index (χ3v) is 29.5. The van der Waals surface area contributed by atoms with E-state index in [4.69, 9.17) is 21.9 Å². The fourth-order valence-electron chi connectivity index (χ4n) is 14.8. The molecule has 0 bridgehead atoms. The van der Waals surface area contributed by atoms with Crippen molar-refractivity contribution >= 4 is 53.0 Å². The van der Waals surface area contributed by atoms with Crippen LogP contribution in [0.1, 0.15) is 131 Å². The predicted molar refractivity (Wildman–Crippen MR) is 571 cm³/mol. The van der Waals surface area contributed by atoms with E-state index in [1.54, 1.807) is 24.8 Å². The quantitative estimate of drug-likeness (QED) is 0.0549. The van der Waals surface area contributed by atoms with Gasteiger partial charge in [0.15, 0.2) is 0 Å². The summed E-state index contributed by atoms with van der Waals surface area (Å²) in [5.41, 5.74) is 16.9. The second kappa shape index (κ2) is 59.0. The molecule has 714 valence electrons. The van der Waals surface area contributed by atoms with Crippen LogP contribution in [0.5, 0.6) is 0 Å². The molecule has 8 heterocycles. The molecule has 4 radical (unpaired) electrons. The number of benzene rings is 8. The van der Waals surface area contributed by atoms with Crippen molar-refractivity contribution in [2.45, 2.75) is 191 Å². The zero-order chi connectivity index (χ0) is 108. The van der Waals surface area contributed by atoms with Crippen molar-refractivity contribution in [3.63, 3.8) is 0 Å². The van der Waals surface area contributed by atoms with Crippen LogP contribution in [0.25, 0.3) is 90.1 Å². The summed E-state index contributed by atoms with van der Waals surface area (Å²) in [6, 6.07) is 83.5. The van der Waals surface area contributed by atoms with E-state index in [0.717, 1.165) is 83.6 Å². The first-order valence-corrected chi connectivity index (χ1v) is 59.5. The molecule has 8 aromatic carbocycles. The number of unbranched alkanes of at least 4 members (excludes halogenated alkanes) is 1. The van der Waals surface area contributed by atoms with Crippen molar-refractivity contribution in [2.24, 2.45) is 17.3 Å². The molecule has 1 aliphatic rings. The van der Waals surface area contributed by atoms with E-state index in [9.17, 15) is 0 Å². The molecule has 1 fully saturated rings. The minimum Gasteiger partial charge on any atom is -0.305 e. The summed E-state index contributed by atoms with van der Waals surface area (Å²) in [4.78, 5) is 35.0. The van der Waals surface area contributed by atoms with E-state index in [2.05, 4.69) is 215 Å². The largest absolute Gasteiger partial charge is 0.305 e. The summed E-state index contributed by atoms with van der Waals surface area (Å²) < 4.78 is 126. The van der Waals surface area contributed by atoms with E-state index in [1.807, 2.05) is 213 Å². The first kappa shape index (κ1) is 91.5. The van der Waals surface area contributed by atoms with Crippen LogP contribution in [0.4, 0.5) is 0 Å². The Morgan fingerprint density at radius 2 is 0.618 bits per heavy atom. The zero-order valence-electron chi connectivity index (χ0n) is 97.4. The number of hydrogen-bond acceptors (Lipinski definition) is 8. The molecule has 8 aromatic heterocycles. The van der Waals surface area contributed by atoms with Crippen molar-refractivity contribution in [2.75, 3.05) is 0 Å². The first-order valence-electron chi connectivity index (χ1n) is 53.5. The molecule has 0 N–H and O–H groups in total. The second-order valence-corrected chi connectivity index (χ2v) is 58.2. The maximum absolute atomic E-state index is 8.22. The third kappa shape index (κ3) is 39.4. The number of aryl methyl sites for hydroxylation is 1. The fraction of sp³-hybridized carbons (Fsp3) is 0.267. The summed E-state index contributed by atoms with van der Waals surface area (Å²) in [5.74, 6) is 1.21. The molecule has 8 nitrogen and oxygen atoms in total. The Morgan fingerprint density at radius 1 is 0.331 bits per heavy atom. The van der Waals surface area contributed by atoms with Gasteiger partial charge in [0.05, 0.1) is 32.3 Å². The van der Waals surface area contributed by atoms with Crippen molar-refractivity contribution in [3.05, 3.63) is 411 Å². The van der Waals surface area contributed by atoms with Gasteiger partial charge in [-0.05, 0) is 151 Å².